The molecule has 6 nitrogen and oxygen atoms in total. The topological polar surface area (TPSA) is 75.6 Å². The van der Waals surface area contributed by atoms with Gasteiger partial charge in [0.1, 0.15) is 5.82 Å². The SMILES string of the molecule is Cn1ccnc1C(=O)NCCc1nc2ccccc2[nH]1. The highest BCUT2D eigenvalue weighted by molar-refractivity contribution is 5.90. The molecule has 0 atom stereocenters. The molecular weight excluding hydrogens is 254 g/mol. The first-order chi connectivity index (χ1) is 9.74. The maximum atomic E-state index is 11.9. The molecule has 1 amide bonds. The van der Waals surface area contributed by atoms with Crippen LogP contribution in [0.4, 0.5) is 0 Å². The molecule has 20 heavy (non-hydrogen) atoms. The van der Waals surface area contributed by atoms with Crippen molar-refractivity contribution >= 4 is 16.9 Å². The maximum absolute atomic E-state index is 11.9. The fraction of sp³-hybridized carbons (Fsp3) is 0.214. The van der Waals surface area contributed by atoms with Crippen molar-refractivity contribution in [3.8, 4) is 0 Å². The molecule has 3 rings (SSSR count). The fourth-order valence-corrected chi connectivity index (χ4v) is 2.08. The Labute approximate surface area is 115 Å². The van der Waals surface area contributed by atoms with Gasteiger partial charge in [0.05, 0.1) is 11.0 Å². The molecule has 0 saturated carbocycles. The van der Waals surface area contributed by atoms with Gasteiger partial charge in [-0.2, -0.15) is 0 Å². The van der Waals surface area contributed by atoms with Crippen LogP contribution in [0.3, 0.4) is 0 Å². The van der Waals surface area contributed by atoms with Gasteiger partial charge in [-0.05, 0) is 12.1 Å². The van der Waals surface area contributed by atoms with Crippen LogP contribution in [0.2, 0.25) is 0 Å². The van der Waals surface area contributed by atoms with Crippen molar-refractivity contribution in [2.45, 2.75) is 6.42 Å². The van der Waals surface area contributed by atoms with Crippen molar-refractivity contribution in [2.75, 3.05) is 6.54 Å². The Morgan fingerprint density at radius 3 is 3.00 bits per heavy atom. The minimum Gasteiger partial charge on any atom is -0.349 e. The van der Waals surface area contributed by atoms with Gasteiger partial charge in [-0.15, -0.1) is 0 Å². The van der Waals surface area contributed by atoms with Crippen LogP contribution < -0.4 is 5.32 Å². The fourth-order valence-electron chi connectivity index (χ4n) is 2.08. The first kappa shape index (κ1) is 12.4. The molecule has 0 spiro atoms. The lowest BCUT2D eigenvalue weighted by molar-refractivity contribution is 0.0940. The highest BCUT2D eigenvalue weighted by Crippen LogP contribution is 2.10. The quantitative estimate of drug-likeness (QED) is 0.749. The summed E-state index contributed by atoms with van der Waals surface area (Å²) in [5.74, 6) is 1.11. The molecule has 1 aromatic carbocycles. The van der Waals surface area contributed by atoms with Crippen LogP contribution in [0.1, 0.15) is 16.4 Å². The zero-order chi connectivity index (χ0) is 13.9. The van der Waals surface area contributed by atoms with E-state index in [1.165, 1.54) is 0 Å². The predicted octanol–water partition coefficient (Wildman–Crippen LogP) is 1.27. The lowest BCUT2D eigenvalue weighted by atomic mass is 10.3. The number of carbonyl (C=O) groups excluding carboxylic acids is 1. The van der Waals surface area contributed by atoms with Gasteiger partial charge in [0, 0.05) is 32.4 Å². The average molecular weight is 269 g/mol. The van der Waals surface area contributed by atoms with Crippen molar-refractivity contribution < 1.29 is 4.79 Å². The van der Waals surface area contributed by atoms with E-state index < -0.39 is 0 Å². The molecule has 3 aromatic rings. The molecule has 0 saturated heterocycles. The Morgan fingerprint density at radius 2 is 2.25 bits per heavy atom. The van der Waals surface area contributed by atoms with Crippen molar-refractivity contribution in [1.29, 1.82) is 0 Å². The lowest BCUT2D eigenvalue weighted by Gasteiger charge is -2.03. The monoisotopic (exact) mass is 269 g/mol. The summed E-state index contributed by atoms with van der Waals surface area (Å²) in [6.07, 6.45) is 4.01. The van der Waals surface area contributed by atoms with Gasteiger partial charge < -0.3 is 14.9 Å². The number of nitrogens with zero attached hydrogens (tertiary/aromatic N) is 3. The number of fused-ring (bicyclic) bond motifs is 1. The number of benzene rings is 1. The normalized spacial score (nSPS) is 10.8. The van der Waals surface area contributed by atoms with Crippen LogP contribution in [-0.4, -0.2) is 32.0 Å². The number of aromatic nitrogens is 4. The molecule has 2 aromatic heterocycles. The summed E-state index contributed by atoms with van der Waals surface area (Å²) in [6.45, 7) is 0.519. The Hall–Kier alpha value is -2.63. The molecule has 0 bridgehead atoms. The number of hydrogen-bond donors (Lipinski definition) is 2. The van der Waals surface area contributed by atoms with Crippen LogP contribution in [0.5, 0.6) is 0 Å². The van der Waals surface area contributed by atoms with E-state index in [-0.39, 0.29) is 5.91 Å². The van der Waals surface area contributed by atoms with Crippen molar-refractivity contribution in [3.05, 3.63) is 48.3 Å². The third-order valence-electron chi connectivity index (χ3n) is 3.11. The number of amides is 1. The number of H-pyrrole nitrogens is 1. The van der Waals surface area contributed by atoms with E-state index in [4.69, 9.17) is 0 Å². The Bertz CT molecular complexity index is 710. The Morgan fingerprint density at radius 1 is 1.40 bits per heavy atom. The summed E-state index contributed by atoms with van der Waals surface area (Å²) in [5.41, 5.74) is 1.95. The van der Waals surface area contributed by atoms with Gasteiger partial charge in [-0.3, -0.25) is 4.79 Å². The minimum atomic E-state index is -0.173. The van der Waals surface area contributed by atoms with Crippen molar-refractivity contribution in [3.63, 3.8) is 0 Å². The number of para-hydroxylation sites is 2. The number of hydrogen-bond acceptors (Lipinski definition) is 3. The zero-order valence-electron chi connectivity index (χ0n) is 11.1. The second-order valence-corrected chi connectivity index (χ2v) is 4.57. The summed E-state index contributed by atoms with van der Waals surface area (Å²) in [4.78, 5) is 23.6. The van der Waals surface area contributed by atoms with E-state index in [9.17, 15) is 4.79 Å². The molecule has 0 fully saturated rings. The molecule has 2 heterocycles. The smallest absolute Gasteiger partial charge is 0.287 e. The van der Waals surface area contributed by atoms with E-state index in [1.54, 1.807) is 24.0 Å². The van der Waals surface area contributed by atoms with Gasteiger partial charge in [-0.25, -0.2) is 9.97 Å². The molecule has 0 aliphatic rings. The summed E-state index contributed by atoms with van der Waals surface area (Å²) >= 11 is 0. The van der Waals surface area contributed by atoms with Crippen molar-refractivity contribution in [1.82, 2.24) is 24.8 Å². The second-order valence-electron chi connectivity index (χ2n) is 4.57. The second kappa shape index (κ2) is 5.16. The largest absolute Gasteiger partial charge is 0.349 e. The average Bonchev–Trinajstić information content (AvgIpc) is 3.04. The first-order valence-electron chi connectivity index (χ1n) is 6.43. The Balaban J connectivity index is 1.60. The van der Waals surface area contributed by atoms with E-state index in [0.29, 0.717) is 18.8 Å². The van der Waals surface area contributed by atoms with Gasteiger partial charge in [0.25, 0.3) is 5.91 Å². The molecule has 6 heteroatoms. The first-order valence-corrected chi connectivity index (χ1v) is 6.43. The summed E-state index contributed by atoms with van der Waals surface area (Å²) in [5, 5.41) is 2.84. The van der Waals surface area contributed by atoms with Crippen molar-refractivity contribution in [2.24, 2.45) is 7.05 Å². The predicted molar refractivity (Wildman–Crippen MR) is 75.3 cm³/mol. The number of imidazole rings is 2. The number of nitrogens with one attached hydrogen (secondary N) is 2. The maximum Gasteiger partial charge on any atom is 0.287 e. The highest BCUT2D eigenvalue weighted by Gasteiger charge is 2.10. The van der Waals surface area contributed by atoms with E-state index in [0.717, 1.165) is 16.9 Å². The highest BCUT2D eigenvalue weighted by atomic mass is 16.2. The van der Waals surface area contributed by atoms with Crippen LogP contribution in [0.15, 0.2) is 36.7 Å². The summed E-state index contributed by atoms with van der Waals surface area (Å²) in [6, 6.07) is 7.86. The number of aryl methyl sites for hydroxylation is 1. The van der Waals surface area contributed by atoms with Crippen LogP contribution in [0, 0.1) is 0 Å². The van der Waals surface area contributed by atoms with Gasteiger partial charge in [0.2, 0.25) is 0 Å². The molecule has 2 N–H and O–H groups in total. The summed E-state index contributed by atoms with van der Waals surface area (Å²) < 4.78 is 1.69. The number of carbonyl (C=O) groups is 1. The third-order valence-corrected chi connectivity index (χ3v) is 3.11. The number of rotatable bonds is 4. The van der Waals surface area contributed by atoms with Crippen LogP contribution in [0.25, 0.3) is 11.0 Å². The molecule has 0 unspecified atom stereocenters. The van der Waals surface area contributed by atoms with Gasteiger partial charge in [-0.1, -0.05) is 12.1 Å². The summed E-state index contributed by atoms with van der Waals surface area (Å²) in [7, 11) is 1.79. The minimum absolute atomic E-state index is 0.173. The Kier molecular flexibility index (Phi) is 3.20. The van der Waals surface area contributed by atoms with Crippen LogP contribution >= 0.6 is 0 Å². The van der Waals surface area contributed by atoms with E-state index in [1.807, 2.05) is 24.3 Å². The van der Waals surface area contributed by atoms with Crippen LogP contribution in [-0.2, 0) is 13.5 Å². The van der Waals surface area contributed by atoms with E-state index >= 15 is 0 Å². The van der Waals surface area contributed by atoms with Gasteiger partial charge in [0.15, 0.2) is 5.82 Å². The molecule has 0 radical (unpaired) electrons. The molecule has 0 aliphatic carbocycles. The lowest BCUT2D eigenvalue weighted by Crippen LogP contribution is -2.28. The standard InChI is InChI=1S/C14H15N5O/c1-19-9-8-15-13(19)14(20)16-7-6-12-17-10-4-2-3-5-11(10)18-12/h2-5,8-9H,6-7H2,1H3,(H,16,20)(H,17,18). The number of aromatic amines is 1. The molecule has 0 aliphatic heterocycles. The third kappa shape index (κ3) is 2.40. The molecular formula is C14H15N5O. The molecule has 102 valence electrons. The van der Waals surface area contributed by atoms with E-state index in [2.05, 4.69) is 20.3 Å². The zero-order valence-corrected chi connectivity index (χ0v) is 11.1. The van der Waals surface area contributed by atoms with Gasteiger partial charge >= 0.3 is 0 Å².